The molecule has 0 aliphatic carbocycles. The molecule has 4 fully saturated rings. The number of piperazine rings is 1. The van der Waals surface area contributed by atoms with Crippen molar-refractivity contribution in [2.75, 3.05) is 45.9 Å². The minimum absolute atomic E-state index is 0.403. The molecule has 3 unspecified atom stereocenters. The van der Waals surface area contributed by atoms with Gasteiger partial charge in [0.05, 0.1) is 6.61 Å². The summed E-state index contributed by atoms with van der Waals surface area (Å²) >= 11 is 0. The second-order valence-corrected chi connectivity index (χ2v) is 8.09. The van der Waals surface area contributed by atoms with Gasteiger partial charge in [-0.1, -0.05) is 0 Å². The Kier molecular flexibility index (Phi) is 4.88. The minimum atomic E-state index is 0.403. The summed E-state index contributed by atoms with van der Waals surface area (Å²) < 4.78 is 5.47. The Morgan fingerprint density at radius 2 is 1.74 bits per heavy atom. The number of fused-ring (bicyclic) bond motifs is 2. The molecular formula is C18H31N3O2. The molecule has 4 aliphatic heterocycles. The molecule has 0 radical (unpaired) electrons. The number of nitrogens with zero attached hydrogens (tertiary/aromatic N) is 2. The van der Waals surface area contributed by atoms with E-state index < -0.39 is 0 Å². The van der Waals surface area contributed by atoms with E-state index in [1.54, 1.807) is 0 Å². The molecule has 4 heterocycles. The maximum atomic E-state index is 12.6. The number of hydrogen-bond donors (Lipinski definition) is 1. The molecule has 5 nitrogen and oxygen atoms in total. The van der Waals surface area contributed by atoms with E-state index in [-0.39, 0.29) is 0 Å². The van der Waals surface area contributed by atoms with Gasteiger partial charge in [0.15, 0.2) is 0 Å². The van der Waals surface area contributed by atoms with E-state index in [2.05, 4.69) is 15.1 Å². The number of carbonyl (C=O) groups excluding carboxylic acids is 1. The summed E-state index contributed by atoms with van der Waals surface area (Å²) in [5.74, 6) is 1.73. The Balaban J connectivity index is 1.20. The van der Waals surface area contributed by atoms with Crippen molar-refractivity contribution in [3.8, 4) is 0 Å². The van der Waals surface area contributed by atoms with Gasteiger partial charge in [-0.3, -0.25) is 9.69 Å². The molecule has 0 aromatic rings. The number of nitrogens with one attached hydrogen (secondary N) is 1. The van der Waals surface area contributed by atoms with Gasteiger partial charge in [0.25, 0.3) is 0 Å². The lowest BCUT2D eigenvalue weighted by molar-refractivity contribution is -0.134. The van der Waals surface area contributed by atoms with Gasteiger partial charge in [-0.05, 0) is 43.9 Å². The highest BCUT2D eigenvalue weighted by Crippen LogP contribution is 2.33. The highest BCUT2D eigenvalue weighted by atomic mass is 16.5. The molecule has 130 valence electrons. The lowest BCUT2D eigenvalue weighted by Crippen LogP contribution is -2.50. The summed E-state index contributed by atoms with van der Waals surface area (Å²) in [7, 11) is 0. The molecule has 0 aromatic heterocycles. The smallest absolute Gasteiger partial charge is 0.222 e. The Hall–Kier alpha value is -0.650. The van der Waals surface area contributed by atoms with Crippen molar-refractivity contribution in [1.29, 1.82) is 0 Å². The fourth-order valence-electron chi connectivity index (χ4n) is 4.99. The normalized spacial score (nSPS) is 38.2. The van der Waals surface area contributed by atoms with Gasteiger partial charge < -0.3 is 15.0 Å². The molecule has 4 saturated heterocycles. The Morgan fingerprint density at radius 3 is 2.39 bits per heavy atom. The third-order valence-corrected chi connectivity index (χ3v) is 6.30. The zero-order valence-electron chi connectivity index (χ0n) is 14.2. The summed E-state index contributed by atoms with van der Waals surface area (Å²) in [6.07, 6.45) is 7.05. The topological polar surface area (TPSA) is 44.8 Å². The zero-order chi connectivity index (χ0) is 15.6. The van der Waals surface area contributed by atoms with Gasteiger partial charge in [-0.25, -0.2) is 0 Å². The number of piperidine rings is 1. The molecule has 2 bridgehead atoms. The molecule has 5 heteroatoms. The maximum absolute atomic E-state index is 12.6. The van der Waals surface area contributed by atoms with E-state index in [0.29, 0.717) is 29.8 Å². The highest BCUT2D eigenvalue weighted by Gasteiger charge is 2.35. The van der Waals surface area contributed by atoms with E-state index >= 15 is 0 Å². The van der Waals surface area contributed by atoms with Crippen LogP contribution < -0.4 is 5.32 Å². The first-order valence-corrected chi connectivity index (χ1v) is 9.60. The highest BCUT2D eigenvalue weighted by molar-refractivity contribution is 5.76. The number of amides is 1. The van der Waals surface area contributed by atoms with Crippen LogP contribution >= 0.6 is 0 Å². The number of ether oxygens (including phenoxy) is 1. The van der Waals surface area contributed by atoms with Crippen molar-refractivity contribution in [3.63, 3.8) is 0 Å². The summed E-state index contributed by atoms with van der Waals surface area (Å²) in [6.45, 7) is 6.94. The van der Waals surface area contributed by atoms with Crippen molar-refractivity contribution in [3.05, 3.63) is 0 Å². The van der Waals surface area contributed by atoms with Crippen molar-refractivity contribution < 1.29 is 9.53 Å². The monoisotopic (exact) mass is 321 g/mol. The summed E-state index contributed by atoms with van der Waals surface area (Å²) in [5, 5.41) is 3.67. The predicted molar refractivity (Wildman–Crippen MR) is 89.2 cm³/mol. The van der Waals surface area contributed by atoms with Crippen LogP contribution in [0.25, 0.3) is 0 Å². The third kappa shape index (κ3) is 3.89. The first-order chi connectivity index (χ1) is 11.3. The van der Waals surface area contributed by atoms with E-state index in [1.165, 1.54) is 32.1 Å². The van der Waals surface area contributed by atoms with E-state index in [1.807, 2.05) is 0 Å². The van der Waals surface area contributed by atoms with Gasteiger partial charge in [0.1, 0.15) is 0 Å². The van der Waals surface area contributed by atoms with Gasteiger partial charge in [-0.2, -0.15) is 0 Å². The fourth-order valence-corrected chi connectivity index (χ4v) is 4.99. The largest absolute Gasteiger partial charge is 0.381 e. The fraction of sp³-hybridized carbons (Fsp3) is 0.944. The molecule has 4 aliphatic rings. The second kappa shape index (κ2) is 7.08. The lowest BCUT2D eigenvalue weighted by Gasteiger charge is -2.37. The quantitative estimate of drug-likeness (QED) is 0.842. The first-order valence-electron chi connectivity index (χ1n) is 9.60. The van der Waals surface area contributed by atoms with Crippen LogP contribution in [0.15, 0.2) is 0 Å². The predicted octanol–water partition coefficient (Wildman–Crippen LogP) is 1.09. The summed E-state index contributed by atoms with van der Waals surface area (Å²) in [5.41, 5.74) is 0. The van der Waals surface area contributed by atoms with Gasteiger partial charge in [0.2, 0.25) is 5.91 Å². The Bertz CT molecular complexity index is 404. The van der Waals surface area contributed by atoms with E-state index in [4.69, 9.17) is 4.74 Å². The van der Waals surface area contributed by atoms with Crippen LogP contribution in [0.5, 0.6) is 0 Å². The summed E-state index contributed by atoms with van der Waals surface area (Å²) in [4.78, 5) is 17.3. The average molecular weight is 321 g/mol. The number of carbonyl (C=O) groups is 1. The van der Waals surface area contributed by atoms with Crippen molar-refractivity contribution in [1.82, 2.24) is 15.1 Å². The molecule has 23 heavy (non-hydrogen) atoms. The van der Waals surface area contributed by atoms with Gasteiger partial charge in [-0.15, -0.1) is 0 Å². The standard InChI is InChI=1S/C18H31N3O2/c22-18(11-15-9-16-1-2-17(10-15)19-16)21-6-4-20(5-7-21)12-14-3-8-23-13-14/h14-17,19H,1-13H2. The Labute approximate surface area is 139 Å². The van der Waals surface area contributed by atoms with Crippen molar-refractivity contribution in [2.45, 2.75) is 50.6 Å². The van der Waals surface area contributed by atoms with Crippen LogP contribution in [0.2, 0.25) is 0 Å². The molecule has 4 rings (SSSR count). The molecule has 0 spiro atoms. The maximum Gasteiger partial charge on any atom is 0.222 e. The zero-order valence-corrected chi connectivity index (χ0v) is 14.2. The minimum Gasteiger partial charge on any atom is -0.381 e. The number of rotatable bonds is 4. The van der Waals surface area contributed by atoms with Crippen molar-refractivity contribution in [2.24, 2.45) is 11.8 Å². The van der Waals surface area contributed by atoms with Crippen LogP contribution in [-0.2, 0) is 9.53 Å². The molecule has 1 amide bonds. The average Bonchev–Trinajstić information content (AvgIpc) is 3.18. The van der Waals surface area contributed by atoms with E-state index in [9.17, 15) is 4.79 Å². The van der Waals surface area contributed by atoms with Crippen LogP contribution in [-0.4, -0.2) is 73.7 Å². The molecule has 1 N–H and O–H groups in total. The molecular weight excluding hydrogens is 290 g/mol. The third-order valence-electron chi connectivity index (χ3n) is 6.30. The Morgan fingerprint density at radius 1 is 1.00 bits per heavy atom. The van der Waals surface area contributed by atoms with Crippen LogP contribution in [0.1, 0.15) is 38.5 Å². The van der Waals surface area contributed by atoms with Crippen LogP contribution in [0.3, 0.4) is 0 Å². The van der Waals surface area contributed by atoms with Crippen molar-refractivity contribution >= 4 is 5.91 Å². The molecule has 0 saturated carbocycles. The summed E-state index contributed by atoms with van der Waals surface area (Å²) in [6, 6.07) is 1.38. The van der Waals surface area contributed by atoms with Crippen LogP contribution in [0, 0.1) is 11.8 Å². The van der Waals surface area contributed by atoms with E-state index in [0.717, 1.165) is 52.4 Å². The first kappa shape index (κ1) is 15.9. The molecule has 3 atom stereocenters. The number of hydrogen-bond acceptors (Lipinski definition) is 4. The molecule has 0 aromatic carbocycles. The van der Waals surface area contributed by atoms with Crippen LogP contribution in [0.4, 0.5) is 0 Å². The second-order valence-electron chi connectivity index (χ2n) is 8.09. The van der Waals surface area contributed by atoms with Gasteiger partial charge in [0, 0.05) is 57.8 Å². The SMILES string of the molecule is O=C(CC1CC2CCC(C1)N2)N1CCN(CC2CCOC2)CC1. The lowest BCUT2D eigenvalue weighted by atomic mass is 9.89. The van der Waals surface area contributed by atoms with Gasteiger partial charge >= 0.3 is 0 Å².